The van der Waals surface area contributed by atoms with E-state index in [1.807, 2.05) is 18.7 Å². The number of aryl methyl sites for hydroxylation is 1. The van der Waals surface area contributed by atoms with Crippen LogP contribution in [0.2, 0.25) is 0 Å². The van der Waals surface area contributed by atoms with Gasteiger partial charge in [-0.1, -0.05) is 38.5 Å². The number of thioether (sulfide) groups is 1. The van der Waals surface area contributed by atoms with Gasteiger partial charge in [0.05, 0.1) is 0 Å². The maximum Gasteiger partial charge on any atom is 0.170 e. The van der Waals surface area contributed by atoms with Crippen LogP contribution in [0.5, 0.6) is 0 Å². The van der Waals surface area contributed by atoms with E-state index in [0.29, 0.717) is 5.41 Å². The molecule has 0 N–H and O–H groups in total. The third-order valence-electron chi connectivity index (χ3n) is 2.91. The van der Waals surface area contributed by atoms with E-state index in [2.05, 4.69) is 35.8 Å². The molecule has 0 bridgehead atoms. The number of rotatable bonds is 8. The van der Waals surface area contributed by atoms with Crippen molar-refractivity contribution in [2.24, 2.45) is 5.41 Å². The van der Waals surface area contributed by atoms with Gasteiger partial charge in [0.2, 0.25) is 0 Å². The molecule has 98 valence electrons. The Morgan fingerprint density at radius 1 is 1.29 bits per heavy atom. The standard InChI is InChI=1S/C12H22N2S3/c1-4-6-12(8-15,7-5-2)9-16-11-13-10(3)14-17-11/h15H,4-9H2,1-3H3. The number of hydrogen-bond acceptors (Lipinski definition) is 5. The topological polar surface area (TPSA) is 25.8 Å². The van der Waals surface area contributed by atoms with Gasteiger partial charge < -0.3 is 0 Å². The molecule has 1 aromatic rings. The fourth-order valence-corrected chi connectivity index (χ4v) is 4.60. The molecular weight excluding hydrogens is 268 g/mol. The molecule has 1 aromatic heterocycles. The van der Waals surface area contributed by atoms with E-state index in [9.17, 15) is 0 Å². The lowest BCUT2D eigenvalue weighted by atomic mass is 9.83. The average molecular weight is 291 g/mol. The predicted molar refractivity (Wildman–Crippen MR) is 81.5 cm³/mol. The molecule has 0 saturated carbocycles. The normalized spacial score (nSPS) is 12.0. The van der Waals surface area contributed by atoms with Crippen LogP contribution in [0.15, 0.2) is 4.34 Å². The van der Waals surface area contributed by atoms with Crippen LogP contribution in [-0.2, 0) is 0 Å². The summed E-state index contributed by atoms with van der Waals surface area (Å²) in [6.45, 7) is 6.46. The van der Waals surface area contributed by atoms with Crippen LogP contribution in [-0.4, -0.2) is 20.9 Å². The van der Waals surface area contributed by atoms with Crippen molar-refractivity contribution in [2.45, 2.75) is 50.8 Å². The van der Waals surface area contributed by atoms with Gasteiger partial charge >= 0.3 is 0 Å². The maximum atomic E-state index is 4.58. The van der Waals surface area contributed by atoms with Gasteiger partial charge in [-0.3, -0.25) is 0 Å². The van der Waals surface area contributed by atoms with Crippen LogP contribution in [0, 0.1) is 12.3 Å². The molecule has 2 nitrogen and oxygen atoms in total. The molecule has 0 unspecified atom stereocenters. The Kier molecular flexibility index (Phi) is 6.89. The summed E-state index contributed by atoms with van der Waals surface area (Å²) in [6, 6.07) is 0. The molecule has 0 saturated heterocycles. The van der Waals surface area contributed by atoms with E-state index in [4.69, 9.17) is 0 Å². The molecule has 0 spiro atoms. The minimum Gasteiger partial charge on any atom is -0.213 e. The molecule has 0 amide bonds. The van der Waals surface area contributed by atoms with E-state index >= 15 is 0 Å². The first-order valence-electron chi connectivity index (χ1n) is 6.19. The zero-order valence-corrected chi connectivity index (χ0v) is 13.4. The summed E-state index contributed by atoms with van der Waals surface area (Å²) in [5.74, 6) is 2.98. The third kappa shape index (κ3) is 4.79. The minimum absolute atomic E-state index is 0.372. The summed E-state index contributed by atoms with van der Waals surface area (Å²) in [6.07, 6.45) is 4.98. The van der Waals surface area contributed by atoms with Crippen molar-refractivity contribution in [3.05, 3.63) is 5.82 Å². The molecule has 0 fully saturated rings. The zero-order chi connectivity index (χ0) is 12.7. The number of hydrogen-bond donors (Lipinski definition) is 1. The SMILES string of the molecule is CCCC(CS)(CCC)CSc1nc(C)ns1. The average Bonchev–Trinajstić information content (AvgIpc) is 2.73. The lowest BCUT2D eigenvalue weighted by Crippen LogP contribution is -2.25. The molecule has 0 atom stereocenters. The minimum atomic E-state index is 0.372. The van der Waals surface area contributed by atoms with Crippen molar-refractivity contribution in [1.82, 2.24) is 9.36 Å². The molecule has 5 heteroatoms. The van der Waals surface area contributed by atoms with Gasteiger partial charge in [-0.05, 0) is 42.5 Å². The molecule has 0 aliphatic heterocycles. The van der Waals surface area contributed by atoms with Gasteiger partial charge in [-0.25, -0.2) is 4.98 Å². The monoisotopic (exact) mass is 290 g/mol. The van der Waals surface area contributed by atoms with E-state index in [1.165, 1.54) is 37.2 Å². The fraction of sp³-hybridized carbons (Fsp3) is 0.833. The van der Waals surface area contributed by atoms with Crippen molar-refractivity contribution < 1.29 is 0 Å². The van der Waals surface area contributed by atoms with Gasteiger partial charge in [-0.15, -0.1) is 0 Å². The van der Waals surface area contributed by atoms with Gasteiger partial charge in [0.15, 0.2) is 4.34 Å². The molecule has 0 radical (unpaired) electrons. The lowest BCUT2D eigenvalue weighted by Gasteiger charge is -2.31. The van der Waals surface area contributed by atoms with Crippen LogP contribution in [0.3, 0.4) is 0 Å². The first-order chi connectivity index (χ1) is 8.15. The Balaban J connectivity index is 2.59. The van der Waals surface area contributed by atoms with Gasteiger partial charge in [0, 0.05) is 5.75 Å². The third-order valence-corrected chi connectivity index (χ3v) is 5.85. The van der Waals surface area contributed by atoms with Crippen molar-refractivity contribution >= 4 is 35.9 Å². The highest BCUT2D eigenvalue weighted by Gasteiger charge is 2.27. The lowest BCUT2D eigenvalue weighted by molar-refractivity contribution is 0.318. The van der Waals surface area contributed by atoms with Crippen molar-refractivity contribution in [3.63, 3.8) is 0 Å². The maximum absolute atomic E-state index is 4.58. The van der Waals surface area contributed by atoms with E-state index in [-0.39, 0.29) is 0 Å². The Labute approximate surface area is 119 Å². The van der Waals surface area contributed by atoms with Crippen molar-refractivity contribution in [2.75, 3.05) is 11.5 Å². The molecule has 1 heterocycles. The van der Waals surface area contributed by atoms with Gasteiger partial charge in [0.25, 0.3) is 0 Å². The molecule has 0 aromatic carbocycles. The van der Waals surface area contributed by atoms with Crippen LogP contribution in [0.25, 0.3) is 0 Å². The zero-order valence-electron chi connectivity index (χ0n) is 10.9. The highest BCUT2D eigenvalue weighted by Crippen LogP contribution is 2.37. The van der Waals surface area contributed by atoms with Crippen LogP contribution >= 0.6 is 35.9 Å². The predicted octanol–water partition coefficient (Wildman–Crippen LogP) is 4.46. The van der Waals surface area contributed by atoms with Crippen molar-refractivity contribution in [1.29, 1.82) is 0 Å². The molecule has 0 aliphatic rings. The first-order valence-corrected chi connectivity index (χ1v) is 8.59. The summed E-state index contributed by atoms with van der Waals surface area (Å²) in [5, 5.41) is 0. The second-order valence-electron chi connectivity index (χ2n) is 4.55. The van der Waals surface area contributed by atoms with Crippen LogP contribution in [0.4, 0.5) is 0 Å². The highest BCUT2D eigenvalue weighted by atomic mass is 32.2. The summed E-state index contributed by atoms with van der Waals surface area (Å²) < 4.78 is 5.32. The summed E-state index contributed by atoms with van der Waals surface area (Å²) in [4.78, 5) is 4.41. The largest absolute Gasteiger partial charge is 0.213 e. The molecule has 17 heavy (non-hydrogen) atoms. The summed E-state index contributed by atoms with van der Waals surface area (Å²) in [7, 11) is 0. The van der Waals surface area contributed by atoms with Crippen molar-refractivity contribution in [3.8, 4) is 0 Å². The molecule has 1 rings (SSSR count). The van der Waals surface area contributed by atoms with E-state index < -0.39 is 0 Å². The first kappa shape index (κ1) is 15.3. The van der Waals surface area contributed by atoms with Gasteiger partial charge in [0.1, 0.15) is 5.82 Å². The Hall–Kier alpha value is 0.260. The van der Waals surface area contributed by atoms with E-state index in [1.54, 1.807) is 0 Å². The van der Waals surface area contributed by atoms with E-state index in [0.717, 1.165) is 21.7 Å². The smallest absolute Gasteiger partial charge is 0.170 e. The fourth-order valence-electron chi connectivity index (χ4n) is 2.09. The summed E-state index contributed by atoms with van der Waals surface area (Å²) >= 11 is 7.94. The highest BCUT2D eigenvalue weighted by molar-refractivity contribution is 8.01. The van der Waals surface area contributed by atoms with Gasteiger partial charge in [-0.2, -0.15) is 17.0 Å². The number of aromatic nitrogens is 2. The quantitative estimate of drug-likeness (QED) is 0.565. The second-order valence-corrected chi connectivity index (χ2v) is 6.84. The number of nitrogens with zero attached hydrogens (tertiary/aromatic N) is 2. The Morgan fingerprint density at radius 3 is 2.35 bits per heavy atom. The second kappa shape index (κ2) is 7.64. The Bertz CT molecular complexity index is 319. The summed E-state index contributed by atoms with van der Waals surface area (Å²) in [5.41, 5.74) is 0.372. The number of thiol groups is 1. The van der Waals surface area contributed by atoms with Crippen LogP contribution < -0.4 is 0 Å². The van der Waals surface area contributed by atoms with Crippen LogP contribution in [0.1, 0.15) is 45.4 Å². The molecular formula is C12H22N2S3. The Morgan fingerprint density at radius 2 is 1.94 bits per heavy atom. The molecule has 0 aliphatic carbocycles.